The minimum Gasteiger partial charge on any atom is -0.379 e. The largest absolute Gasteiger partial charge is 0.379 e. The van der Waals surface area contributed by atoms with E-state index in [1.807, 2.05) is 0 Å². The van der Waals surface area contributed by atoms with Gasteiger partial charge in [0.2, 0.25) is 10.0 Å². The van der Waals surface area contributed by atoms with Gasteiger partial charge in [0.15, 0.2) is 0 Å². The highest BCUT2D eigenvalue weighted by atomic mass is 32.2. The van der Waals surface area contributed by atoms with E-state index in [-0.39, 0.29) is 10.6 Å². The van der Waals surface area contributed by atoms with Crippen molar-refractivity contribution in [3.63, 3.8) is 0 Å². The lowest BCUT2D eigenvalue weighted by Gasteiger charge is -2.26. The third kappa shape index (κ3) is 4.32. The summed E-state index contributed by atoms with van der Waals surface area (Å²) in [5.74, 6) is 0. The average molecular weight is 384 g/mol. The van der Waals surface area contributed by atoms with Crippen LogP contribution < -0.4 is 5.32 Å². The Morgan fingerprint density at radius 2 is 1.85 bits per heavy atom. The van der Waals surface area contributed by atoms with Crippen LogP contribution in [0.3, 0.4) is 0 Å². The third-order valence-electron chi connectivity index (χ3n) is 4.72. The van der Waals surface area contributed by atoms with Crippen molar-refractivity contribution in [1.29, 1.82) is 0 Å². The first kappa shape index (κ1) is 19.0. The Kier molecular flexibility index (Phi) is 6.07. The van der Waals surface area contributed by atoms with E-state index in [0.29, 0.717) is 38.5 Å². The predicted molar refractivity (Wildman–Crippen MR) is 96.8 cm³/mol. The molecule has 0 saturated carbocycles. The number of ether oxygens (including phenoxy) is 1. The van der Waals surface area contributed by atoms with Gasteiger partial charge in [-0.25, -0.2) is 8.42 Å². The highest BCUT2D eigenvalue weighted by Crippen LogP contribution is 2.30. The fourth-order valence-corrected chi connectivity index (χ4v) is 4.76. The number of hydrogen-bond donors (Lipinski definition) is 1. The Bertz CT molecular complexity index is 743. The molecule has 0 spiro atoms. The van der Waals surface area contributed by atoms with Crippen molar-refractivity contribution >= 4 is 21.4 Å². The highest BCUT2D eigenvalue weighted by Gasteiger charge is 2.29. The number of nitro groups is 1. The average Bonchev–Trinajstić information content (AvgIpc) is 3.18. The molecule has 2 aliphatic heterocycles. The molecule has 0 amide bonds. The van der Waals surface area contributed by atoms with Gasteiger partial charge in [-0.1, -0.05) is 0 Å². The van der Waals surface area contributed by atoms with E-state index < -0.39 is 14.9 Å². The number of anilines is 1. The molecule has 1 N–H and O–H groups in total. The standard InChI is InChI=1S/C16H24N4O5S/c21-20(22)16-13-14(26(23,24)19-6-1-2-7-19)3-4-15(16)17-5-8-18-9-11-25-12-10-18/h3-4,13,17H,1-2,5-12H2. The molecular weight excluding hydrogens is 360 g/mol. The minimum absolute atomic E-state index is 0.0233. The van der Waals surface area contributed by atoms with E-state index in [2.05, 4.69) is 10.2 Å². The van der Waals surface area contributed by atoms with Gasteiger partial charge in [-0.2, -0.15) is 4.31 Å². The summed E-state index contributed by atoms with van der Waals surface area (Å²) < 4.78 is 31.9. The van der Waals surface area contributed by atoms with Gasteiger partial charge in [-0.3, -0.25) is 15.0 Å². The van der Waals surface area contributed by atoms with E-state index in [1.165, 1.54) is 16.4 Å². The van der Waals surface area contributed by atoms with Gasteiger partial charge >= 0.3 is 0 Å². The molecule has 0 unspecified atom stereocenters. The SMILES string of the molecule is O=[N+]([O-])c1cc(S(=O)(=O)N2CCCC2)ccc1NCCN1CCOCC1. The summed E-state index contributed by atoms with van der Waals surface area (Å²) in [5.41, 5.74) is 0.121. The van der Waals surface area contributed by atoms with Crippen molar-refractivity contribution in [3.8, 4) is 0 Å². The molecule has 0 radical (unpaired) electrons. The molecule has 0 aliphatic carbocycles. The van der Waals surface area contributed by atoms with Crippen LogP contribution in [0.4, 0.5) is 11.4 Å². The summed E-state index contributed by atoms with van der Waals surface area (Å²) in [7, 11) is -3.67. The molecule has 9 nitrogen and oxygen atoms in total. The second-order valence-electron chi connectivity index (χ2n) is 6.43. The van der Waals surface area contributed by atoms with E-state index in [1.54, 1.807) is 0 Å². The van der Waals surface area contributed by atoms with Crippen molar-refractivity contribution in [2.75, 3.05) is 57.8 Å². The van der Waals surface area contributed by atoms with Gasteiger partial charge in [-0.05, 0) is 25.0 Å². The summed E-state index contributed by atoms with van der Waals surface area (Å²) in [4.78, 5) is 13.1. The van der Waals surface area contributed by atoms with E-state index in [4.69, 9.17) is 4.74 Å². The van der Waals surface area contributed by atoms with Crippen LogP contribution >= 0.6 is 0 Å². The summed E-state index contributed by atoms with van der Waals surface area (Å²) in [6.45, 7) is 5.30. The van der Waals surface area contributed by atoms with E-state index in [9.17, 15) is 18.5 Å². The monoisotopic (exact) mass is 384 g/mol. The molecule has 3 rings (SSSR count). The van der Waals surface area contributed by atoms with Crippen LogP contribution in [0.5, 0.6) is 0 Å². The van der Waals surface area contributed by atoms with Gasteiger partial charge in [0.25, 0.3) is 5.69 Å². The number of nitro benzene ring substituents is 1. The van der Waals surface area contributed by atoms with Gasteiger partial charge in [0.1, 0.15) is 5.69 Å². The Hall–Kier alpha value is -1.75. The predicted octanol–water partition coefficient (Wildman–Crippen LogP) is 1.12. The Morgan fingerprint density at radius 1 is 1.15 bits per heavy atom. The lowest BCUT2D eigenvalue weighted by atomic mass is 10.2. The van der Waals surface area contributed by atoms with E-state index >= 15 is 0 Å². The van der Waals surface area contributed by atoms with Crippen LogP contribution in [-0.4, -0.2) is 75.0 Å². The van der Waals surface area contributed by atoms with Gasteiger partial charge < -0.3 is 10.1 Å². The maximum atomic E-state index is 12.6. The van der Waals surface area contributed by atoms with Gasteiger partial charge in [-0.15, -0.1) is 0 Å². The van der Waals surface area contributed by atoms with Crippen LogP contribution in [0.1, 0.15) is 12.8 Å². The topological polar surface area (TPSA) is 105 Å². The number of nitrogens with zero attached hydrogens (tertiary/aromatic N) is 3. The first-order valence-corrected chi connectivity index (χ1v) is 10.2. The number of sulfonamides is 1. The fraction of sp³-hybridized carbons (Fsp3) is 0.625. The smallest absolute Gasteiger partial charge is 0.293 e. The van der Waals surface area contributed by atoms with Crippen LogP contribution in [0.15, 0.2) is 23.1 Å². The fourth-order valence-electron chi connectivity index (χ4n) is 3.22. The number of hydrogen-bond acceptors (Lipinski definition) is 7. The van der Waals surface area contributed by atoms with Crippen molar-refractivity contribution in [1.82, 2.24) is 9.21 Å². The number of benzene rings is 1. The summed E-state index contributed by atoms with van der Waals surface area (Å²) in [6.07, 6.45) is 1.64. The van der Waals surface area contributed by atoms with E-state index in [0.717, 1.165) is 38.5 Å². The van der Waals surface area contributed by atoms with Crippen LogP contribution in [0, 0.1) is 10.1 Å². The summed E-state index contributed by atoms with van der Waals surface area (Å²) >= 11 is 0. The molecule has 0 atom stereocenters. The van der Waals surface area contributed by atoms with Gasteiger partial charge in [0, 0.05) is 45.3 Å². The Labute approximate surface area is 153 Å². The zero-order valence-corrected chi connectivity index (χ0v) is 15.4. The molecule has 2 fully saturated rings. The molecule has 2 saturated heterocycles. The normalized spacial score (nSPS) is 19.5. The molecule has 144 valence electrons. The zero-order valence-electron chi connectivity index (χ0n) is 14.6. The first-order valence-electron chi connectivity index (χ1n) is 8.81. The molecule has 2 aliphatic rings. The van der Waals surface area contributed by atoms with Crippen molar-refractivity contribution in [2.24, 2.45) is 0 Å². The lowest BCUT2D eigenvalue weighted by molar-refractivity contribution is -0.384. The summed E-state index contributed by atoms with van der Waals surface area (Å²) in [5, 5.41) is 14.5. The Balaban J connectivity index is 1.71. The number of rotatable bonds is 7. The molecule has 2 heterocycles. The molecule has 1 aromatic rings. The number of nitrogens with one attached hydrogen (secondary N) is 1. The van der Waals surface area contributed by atoms with Crippen molar-refractivity contribution in [2.45, 2.75) is 17.7 Å². The summed E-state index contributed by atoms with van der Waals surface area (Å²) in [6, 6.07) is 4.09. The third-order valence-corrected chi connectivity index (χ3v) is 6.61. The molecule has 0 bridgehead atoms. The zero-order chi connectivity index (χ0) is 18.6. The second kappa shape index (κ2) is 8.30. The first-order chi connectivity index (χ1) is 12.5. The van der Waals surface area contributed by atoms with Crippen molar-refractivity contribution in [3.05, 3.63) is 28.3 Å². The van der Waals surface area contributed by atoms with Crippen LogP contribution in [0.25, 0.3) is 0 Å². The molecule has 1 aromatic carbocycles. The second-order valence-corrected chi connectivity index (χ2v) is 8.37. The molecular formula is C16H24N4O5S. The molecule has 10 heteroatoms. The number of morpholine rings is 1. The highest BCUT2D eigenvalue weighted by molar-refractivity contribution is 7.89. The Morgan fingerprint density at radius 3 is 2.50 bits per heavy atom. The minimum atomic E-state index is -3.67. The maximum Gasteiger partial charge on any atom is 0.293 e. The van der Waals surface area contributed by atoms with Crippen LogP contribution in [0.2, 0.25) is 0 Å². The lowest BCUT2D eigenvalue weighted by Crippen LogP contribution is -2.39. The van der Waals surface area contributed by atoms with Crippen LogP contribution in [-0.2, 0) is 14.8 Å². The quantitative estimate of drug-likeness (QED) is 0.555. The molecule has 0 aromatic heterocycles. The van der Waals surface area contributed by atoms with Crippen molar-refractivity contribution < 1.29 is 18.1 Å². The molecule has 26 heavy (non-hydrogen) atoms. The van der Waals surface area contributed by atoms with Gasteiger partial charge in [0.05, 0.1) is 23.0 Å². The maximum absolute atomic E-state index is 12.6.